The summed E-state index contributed by atoms with van der Waals surface area (Å²) in [6.45, 7) is 5.32. The molecule has 4 rings (SSSR count). The number of quaternary nitrogens is 1. The molecule has 1 aliphatic rings. The molecule has 7 heteroatoms. The number of H-pyrrole nitrogens is 1. The van der Waals surface area contributed by atoms with Gasteiger partial charge in [-0.05, 0) is 36.5 Å². The summed E-state index contributed by atoms with van der Waals surface area (Å²) in [5, 5.41) is 7.42. The second-order valence-corrected chi connectivity index (χ2v) is 7.41. The largest absolute Gasteiger partial charge is 0.495 e. The summed E-state index contributed by atoms with van der Waals surface area (Å²) in [4.78, 5) is 4.02. The highest BCUT2D eigenvalue weighted by Crippen LogP contribution is 2.27. The predicted molar refractivity (Wildman–Crippen MR) is 113 cm³/mol. The molecule has 0 unspecified atom stereocenters. The topological polar surface area (TPSA) is 50.5 Å². The van der Waals surface area contributed by atoms with Crippen LogP contribution in [0.1, 0.15) is 5.82 Å². The summed E-state index contributed by atoms with van der Waals surface area (Å²) in [7, 11) is 1.74. The molecule has 1 fully saturated rings. The monoisotopic (exact) mass is 396 g/mol. The quantitative estimate of drug-likeness (QED) is 0.625. The van der Waals surface area contributed by atoms with Crippen LogP contribution < -0.4 is 14.5 Å². The number of benzene rings is 2. The number of piperazine rings is 1. The molecule has 0 spiro atoms. The normalized spacial score (nSPS) is 15.0. The van der Waals surface area contributed by atoms with Crippen LogP contribution in [0, 0.1) is 4.77 Å². The molecule has 0 saturated carbocycles. The Hall–Kier alpha value is -2.64. The predicted octanol–water partition coefficient (Wildman–Crippen LogP) is 1.89. The molecule has 0 amide bonds. The van der Waals surface area contributed by atoms with E-state index in [-0.39, 0.29) is 0 Å². The molecule has 146 valence electrons. The number of hydrogen-bond donors (Lipinski definition) is 2. The van der Waals surface area contributed by atoms with Crippen LogP contribution in [0.4, 0.5) is 5.69 Å². The molecule has 2 heterocycles. The van der Waals surface area contributed by atoms with Crippen molar-refractivity contribution in [3.63, 3.8) is 0 Å². The van der Waals surface area contributed by atoms with Crippen molar-refractivity contribution >= 4 is 17.9 Å². The van der Waals surface area contributed by atoms with Crippen molar-refractivity contribution in [2.45, 2.75) is 6.42 Å². The molecule has 0 aliphatic carbocycles. The van der Waals surface area contributed by atoms with Gasteiger partial charge in [-0.15, -0.1) is 0 Å². The molecule has 1 aromatic heterocycles. The maximum Gasteiger partial charge on any atom is 0.199 e. The average molecular weight is 397 g/mol. The minimum atomic E-state index is 0.650. The first kappa shape index (κ1) is 18.7. The van der Waals surface area contributed by atoms with E-state index in [0.29, 0.717) is 4.77 Å². The van der Waals surface area contributed by atoms with Crippen molar-refractivity contribution in [1.82, 2.24) is 14.8 Å². The lowest BCUT2D eigenvalue weighted by molar-refractivity contribution is -0.900. The summed E-state index contributed by atoms with van der Waals surface area (Å²) < 4.78 is 8.21. The number of ether oxygens (including phenoxy) is 1. The van der Waals surface area contributed by atoms with Crippen LogP contribution in [0.3, 0.4) is 0 Å². The molecule has 2 N–H and O–H groups in total. The SMILES string of the molecule is COc1ccccc1N1CC[NH+](CCc2n[nH]c(=S)n2-c2ccccc2)CC1. The van der Waals surface area contributed by atoms with Gasteiger partial charge >= 0.3 is 0 Å². The average Bonchev–Trinajstić information content (AvgIpc) is 3.13. The van der Waals surface area contributed by atoms with E-state index in [1.807, 2.05) is 34.9 Å². The van der Waals surface area contributed by atoms with Crippen molar-refractivity contribution in [2.75, 3.05) is 44.7 Å². The van der Waals surface area contributed by atoms with Crippen molar-refractivity contribution in [3.05, 3.63) is 65.2 Å². The van der Waals surface area contributed by atoms with Crippen LogP contribution in [0.2, 0.25) is 0 Å². The first-order chi connectivity index (χ1) is 13.8. The fourth-order valence-electron chi connectivity index (χ4n) is 3.83. The van der Waals surface area contributed by atoms with E-state index in [9.17, 15) is 0 Å². The second-order valence-electron chi connectivity index (χ2n) is 7.02. The lowest BCUT2D eigenvalue weighted by atomic mass is 10.2. The fraction of sp³-hybridized carbons (Fsp3) is 0.333. The van der Waals surface area contributed by atoms with Gasteiger partial charge in [0.2, 0.25) is 0 Å². The molecule has 6 nitrogen and oxygen atoms in total. The van der Waals surface area contributed by atoms with Crippen LogP contribution in [-0.2, 0) is 6.42 Å². The molecule has 0 bridgehead atoms. The highest BCUT2D eigenvalue weighted by molar-refractivity contribution is 7.71. The molecule has 3 aromatic rings. The highest BCUT2D eigenvalue weighted by Gasteiger charge is 2.22. The van der Waals surface area contributed by atoms with Gasteiger partial charge in [-0.25, -0.2) is 0 Å². The van der Waals surface area contributed by atoms with E-state index in [2.05, 4.69) is 39.4 Å². The Morgan fingerprint density at radius 2 is 1.79 bits per heavy atom. The van der Waals surface area contributed by atoms with E-state index in [0.717, 1.165) is 56.4 Å². The van der Waals surface area contributed by atoms with Crippen LogP contribution in [0.5, 0.6) is 5.75 Å². The second kappa shape index (κ2) is 8.58. The van der Waals surface area contributed by atoms with E-state index in [1.54, 1.807) is 12.0 Å². The Morgan fingerprint density at radius 1 is 1.07 bits per heavy atom. The highest BCUT2D eigenvalue weighted by atomic mass is 32.1. The number of rotatable bonds is 6. The van der Waals surface area contributed by atoms with Gasteiger partial charge < -0.3 is 14.5 Å². The van der Waals surface area contributed by atoms with E-state index in [4.69, 9.17) is 17.0 Å². The maximum absolute atomic E-state index is 5.52. The van der Waals surface area contributed by atoms with Gasteiger partial charge in [0, 0.05) is 5.69 Å². The summed E-state index contributed by atoms with van der Waals surface area (Å²) in [6.07, 6.45) is 0.895. The number of para-hydroxylation sites is 3. The molecule has 1 saturated heterocycles. The Labute approximate surface area is 170 Å². The third-order valence-electron chi connectivity index (χ3n) is 5.35. The van der Waals surface area contributed by atoms with Crippen LogP contribution in [0.15, 0.2) is 54.6 Å². The van der Waals surface area contributed by atoms with E-state index < -0.39 is 0 Å². The summed E-state index contributed by atoms with van der Waals surface area (Å²) >= 11 is 5.44. The van der Waals surface area contributed by atoms with Crippen molar-refractivity contribution in [2.24, 2.45) is 0 Å². The number of methoxy groups -OCH3 is 1. The van der Waals surface area contributed by atoms with Crippen molar-refractivity contribution < 1.29 is 9.64 Å². The first-order valence-electron chi connectivity index (χ1n) is 9.69. The smallest absolute Gasteiger partial charge is 0.199 e. The van der Waals surface area contributed by atoms with Gasteiger partial charge in [0.1, 0.15) is 11.6 Å². The first-order valence-corrected chi connectivity index (χ1v) is 10.1. The number of nitrogens with one attached hydrogen (secondary N) is 2. The number of aromatic nitrogens is 3. The van der Waals surface area contributed by atoms with Gasteiger partial charge in [-0.3, -0.25) is 9.67 Å². The van der Waals surface area contributed by atoms with Crippen molar-refractivity contribution in [1.29, 1.82) is 0 Å². The minimum absolute atomic E-state index is 0.650. The van der Waals surface area contributed by atoms with Crippen molar-refractivity contribution in [3.8, 4) is 11.4 Å². The summed E-state index contributed by atoms with van der Waals surface area (Å²) in [5.41, 5.74) is 2.25. The zero-order valence-electron chi connectivity index (χ0n) is 16.1. The van der Waals surface area contributed by atoms with Gasteiger partial charge in [-0.1, -0.05) is 30.3 Å². The Morgan fingerprint density at radius 3 is 2.54 bits per heavy atom. The zero-order chi connectivity index (χ0) is 19.3. The number of nitrogens with zero attached hydrogens (tertiary/aromatic N) is 3. The molecule has 1 aliphatic heterocycles. The Balaban J connectivity index is 1.37. The molecular weight excluding hydrogens is 370 g/mol. The zero-order valence-corrected chi connectivity index (χ0v) is 16.9. The minimum Gasteiger partial charge on any atom is -0.495 e. The van der Waals surface area contributed by atoms with E-state index >= 15 is 0 Å². The maximum atomic E-state index is 5.52. The lowest BCUT2D eigenvalue weighted by Gasteiger charge is -2.34. The Bertz CT molecular complexity index is 960. The van der Waals surface area contributed by atoms with Gasteiger partial charge in [-0.2, -0.15) is 5.10 Å². The van der Waals surface area contributed by atoms with Crippen LogP contribution in [-0.4, -0.2) is 54.6 Å². The van der Waals surface area contributed by atoms with Crippen LogP contribution >= 0.6 is 12.2 Å². The van der Waals surface area contributed by atoms with Gasteiger partial charge in [0.15, 0.2) is 4.77 Å². The third-order valence-corrected chi connectivity index (χ3v) is 5.63. The molecule has 0 radical (unpaired) electrons. The van der Waals surface area contributed by atoms with Gasteiger partial charge in [0.25, 0.3) is 0 Å². The fourth-order valence-corrected chi connectivity index (χ4v) is 4.09. The summed E-state index contributed by atoms with van der Waals surface area (Å²) in [5.74, 6) is 1.94. The third kappa shape index (κ3) is 3.95. The molecule has 2 aromatic carbocycles. The standard InChI is InChI=1S/C21H25N5OS/c1-27-19-10-6-5-9-18(19)25-15-13-24(14-16-25)12-11-20-22-23-21(28)26(20)17-7-3-2-4-8-17/h2-10H,11-16H2,1H3,(H,23,28)/p+1. The number of anilines is 1. The summed E-state index contributed by atoms with van der Waals surface area (Å²) in [6, 6.07) is 18.4. The number of aromatic amines is 1. The molecular formula is C21H26N5OS+. The lowest BCUT2D eigenvalue weighted by Crippen LogP contribution is -3.15. The Kier molecular flexibility index (Phi) is 5.73. The molecule has 0 atom stereocenters. The van der Waals surface area contributed by atoms with E-state index in [1.165, 1.54) is 5.69 Å². The van der Waals surface area contributed by atoms with Gasteiger partial charge in [0.05, 0.1) is 51.9 Å². The number of hydrogen-bond acceptors (Lipinski definition) is 4. The van der Waals surface area contributed by atoms with Crippen LogP contribution in [0.25, 0.3) is 5.69 Å². The molecule has 28 heavy (non-hydrogen) atoms.